The van der Waals surface area contributed by atoms with E-state index in [1.807, 2.05) is 0 Å². The predicted octanol–water partition coefficient (Wildman–Crippen LogP) is 4.16. The molecule has 1 aromatic rings. The zero-order valence-electron chi connectivity index (χ0n) is 11.2. The molecule has 0 amide bonds. The Morgan fingerprint density at radius 2 is 2.00 bits per heavy atom. The number of likely N-dealkylation sites (N-methyl/N-ethyl adjacent to an activating group) is 1. The molecule has 21 heavy (non-hydrogen) atoms. The van der Waals surface area contributed by atoms with E-state index in [0.717, 1.165) is 0 Å². The normalized spacial score (nSPS) is 13.7. The summed E-state index contributed by atoms with van der Waals surface area (Å²) in [6, 6.07) is 3.84. The minimum atomic E-state index is -4.22. The van der Waals surface area contributed by atoms with Gasteiger partial charge in [-0.25, -0.2) is 13.2 Å². The van der Waals surface area contributed by atoms with E-state index in [1.165, 1.54) is 12.1 Å². The summed E-state index contributed by atoms with van der Waals surface area (Å²) >= 11 is 3.02. The smallest absolute Gasteiger partial charge is 0.330 e. The molecule has 1 N–H and O–H groups in total. The molecule has 0 bridgehead atoms. The first-order chi connectivity index (χ1) is 9.79. The van der Waals surface area contributed by atoms with Gasteiger partial charge in [-0.2, -0.15) is 8.78 Å². The van der Waals surface area contributed by atoms with Crippen molar-refractivity contribution in [3.8, 4) is 0 Å². The summed E-state index contributed by atoms with van der Waals surface area (Å²) in [6.45, 7) is 0.424. The standard InChI is InChI=1S/C13H15BrF5NO/c1-2-20-10(6-21-7-13(18,19)12(16)17)8-4-3-5-9(14)11(8)15/h3-5,10,12,20H,2,6-7H2,1H3. The number of alkyl halides is 4. The Labute approximate surface area is 127 Å². The van der Waals surface area contributed by atoms with Gasteiger partial charge in [-0.1, -0.05) is 19.1 Å². The molecule has 8 heteroatoms. The molecule has 1 aromatic carbocycles. The first kappa shape index (κ1) is 18.3. The van der Waals surface area contributed by atoms with Crippen LogP contribution in [0.5, 0.6) is 0 Å². The predicted molar refractivity (Wildman–Crippen MR) is 72.3 cm³/mol. The highest BCUT2D eigenvalue weighted by Crippen LogP contribution is 2.26. The van der Waals surface area contributed by atoms with Crippen molar-refractivity contribution in [2.75, 3.05) is 19.8 Å². The van der Waals surface area contributed by atoms with Crippen molar-refractivity contribution in [2.45, 2.75) is 25.3 Å². The third-order valence-corrected chi connectivity index (χ3v) is 3.32. The van der Waals surface area contributed by atoms with Crippen LogP contribution in [0.1, 0.15) is 18.5 Å². The van der Waals surface area contributed by atoms with Crippen molar-refractivity contribution in [1.82, 2.24) is 5.32 Å². The molecule has 1 atom stereocenters. The fourth-order valence-electron chi connectivity index (χ4n) is 1.67. The summed E-state index contributed by atoms with van der Waals surface area (Å²) in [7, 11) is 0. The van der Waals surface area contributed by atoms with Crippen LogP contribution < -0.4 is 5.32 Å². The van der Waals surface area contributed by atoms with E-state index in [1.54, 1.807) is 13.0 Å². The maximum absolute atomic E-state index is 14.0. The number of benzene rings is 1. The molecule has 0 saturated heterocycles. The van der Waals surface area contributed by atoms with Crippen LogP contribution in [-0.4, -0.2) is 32.1 Å². The third kappa shape index (κ3) is 5.19. The molecule has 0 aliphatic heterocycles. The molecule has 0 radical (unpaired) electrons. The minimum absolute atomic E-state index is 0.214. The number of hydrogen-bond donors (Lipinski definition) is 1. The first-order valence-corrected chi connectivity index (χ1v) is 7.00. The van der Waals surface area contributed by atoms with Crippen molar-refractivity contribution in [3.63, 3.8) is 0 Å². The zero-order chi connectivity index (χ0) is 16.0. The van der Waals surface area contributed by atoms with Crippen molar-refractivity contribution < 1.29 is 26.7 Å². The molecule has 0 aliphatic rings. The molecule has 0 aromatic heterocycles. The van der Waals surface area contributed by atoms with Gasteiger partial charge in [0.1, 0.15) is 12.4 Å². The lowest BCUT2D eigenvalue weighted by molar-refractivity contribution is -0.167. The van der Waals surface area contributed by atoms with E-state index in [9.17, 15) is 22.0 Å². The van der Waals surface area contributed by atoms with E-state index < -0.39 is 30.8 Å². The summed E-state index contributed by atoms with van der Waals surface area (Å²) in [6.07, 6.45) is -3.79. The van der Waals surface area contributed by atoms with Crippen LogP contribution in [0.15, 0.2) is 22.7 Å². The zero-order valence-corrected chi connectivity index (χ0v) is 12.8. The van der Waals surface area contributed by atoms with Gasteiger partial charge in [-0.3, -0.25) is 0 Å². The van der Waals surface area contributed by atoms with E-state index in [0.29, 0.717) is 6.54 Å². The fraction of sp³-hybridized carbons (Fsp3) is 0.538. The minimum Gasteiger partial charge on any atom is -0.373 e. The number of ether oxygens (including phenoxy) is 1. The molecule has 120 valence electrons. The Bertz CT molecular complexity index is 458. The van der Waals surface area contributed by atoms with Crippen LogP contribution in [0.2, 0.25) is 0 Å². The van der Waals surface area contributed by atoms with Crippen molar-refractivity contribution in [1.29, 1.82) is 0 Å². The van der Waals surface area contributed by atoms with Crippen LogP contribution in [-0.2, 0) is 4.74 Å². The third-order valence-electron chi connectivity index (χ3n) is 2.71. The highest BCUT2D eigenvalue weighted by Gasteiger charge is 2.41. The van der Waals surface area contributed by atoms with Gasteiger partial charge in [0.2, 0.25) is 0 Å². The second kappa shape index (κ2) is 8.05. The lowest BCUT2D eigenvalue weighted by Crippen LogP contribution is -2.34. The Balaban J connectivity index is 2.73. The molecule has 0 heterocycles. The van der Waals surface area contributed by atoms with Gasteiger partial charge in [0.15, 0.2) is 0 Å². The van der Waals surface area contributed by atoms with Gasteiger partial charge in [-0.05, 0) is 28.5 Å². The Morgan fingerprint density at radius 1 is 1.33 bits per heavy atom. The second-order valence-electron chi connectivity index (χ2n) is 4.33. The summed E-state index contributed by atoms with van der Waals surface area (Å²) in [5.41, 5.74) is 0.214. The summed E-state index contributed by atoms with van der Waals surface area (Å²) in [4.78, 5) is 0. The van der Waals surface area contributed by atoms with E-state index in [4.69, 9.17) is 0 Å². The van der Waals surface area contributed by atoms with Gasteiger partial charge in [0, 0.05) is 5.56 Å². The monoisotopic (exact) mass is 375 g/mol. The van der Waals surface area contributed by atoms with Gasteiger partial charge in [0.25, 0.3) is 0 Å². The number of hydrogen-bond acceptors (Lipinski definition) is 2. The fourth-order valence-corrected chi connectivity index (χ4v) is 2.05. The summed E-state index contributed by atoms with van der Waals surface area (Å²) < 4.78 is 68.4. The maximum atomic E-state index is 14.0. The largest absolute Gasteiger partial charge is 0.373 e. The van der Waals surface area contributed by atoms with Gasteiger partial charge in [-0.15, -0.1) is 0 Å². The molecular formula is C13H15BrF5NO. The average molecular weight is 376 g/mol. The summed E-state index contributed by atoms with van der Waals surface area (Å²) in [5, 5.41) is 2.86. The van der Waals surface area contributed by atoms with Crippen molar-refractivity contribution in [2.24, 2.45) is 0 Å². The quantitative estimate of drug-likeness (QED) is 0.689. The highest BCUT2D eigenvalue weighted by molar-refractivity contribution is 9.10. The number of halogens is 6. The van der Waals surface area contributed by atoms with E-state index in [2.05, 4.69) is 26.0 Å². The molecule has 1 unspecified atom stereocenters. The molecule has 2 nitrogen and oxygen atoms in total. The van der Waals surface area contributed by atoms with Crippen LogP contribution in [0, 0.1) is 5.82 Å². The molecule has 0 fully saturated rings. The second-order valence-corrected chi connectivity index (χ2v) is 5.18. The maximum Gasteiger partial charge on any atom is 0.330 e. The van der Waals surface area contributed by atoms with Crippen molar-refractivity contribution >= 4 is 15.9 Å². The molecule has 0 saturated carbocycles. The molecular weight excluding hydrogens is 361 g/mol. The Morgan fingerprint density at radius 3 is 2.57 bits per heavy atom. The van der Waals surface area contributed by atoms with E-state index in [-0.39, 0.29) is 16.6 Å². The average Bonchev–Trinajstić information content (AvgIpc) is 2.41. The van der Waals surface area contributed by atoms with Gasteiger partial charge < -0.3 is 10.1 Å². The highest BCUT2D eigenvalue weighted by atomic mass is 79.9. The Kier molecular flexibility index (Phi) is 7.02. The van der Waals surface area contributed by atoms with Crippen LogP contribution in [0.3, 0.4) is 0 Å². The van der Waals surface area contributed by atoms with Crippen LogP contribution in [0.25, 0.3) is 0 Å². The SMILES string of the molecule is CCNC(COCC(F)(F)C(F)F)c1cccc(Br)c1F. The Hall–Kier alpha value is -0.730. The van der Waals surface area contributed by atoms with Gasteiger partial charge in [0.05, 0.1) is 17.1 Å². The van der Waals surface area contributed by atoms with Crippen LogP contribution in [0.4, 0.5) is 22.0 Å². The first-order valence-electron chi connectivity index (χ1n) is 6.20. The lowest BCUT2D eigenvalue weighted by Gasteiger charge is -2.21. The topological polar surface area (TPSA) is 21.3 Å². The van der Waals surface area contributed by atoms with E-state index >= 15 is 0 Å². The molecule has 1 rings (SSSR count). The number of nitrogens with one attached hydrogen (secondary N) is 1. The lowest BCUT2D eigenvalue weighted by atomic mass is 10.1. The number of rotatable bonds is 8. The van der Waals surface area contributed by atoms with Crippen LogP contribution >= 0.6 is 15.9 Å². The van der Waals surface area contributed by atoms with Gasteiger partial charge >= 0.3 is 12.3 Å². The van der Waals surface area contributed by atoms with Crippen molar-refractivity contribution in [3.05, 3.63) is 34.1 Å². The summed E-state index contributed by atoms with van der Waals surface area (Å²) in [5.74, 6) is -4.76. The molecule has 0 aliphatic carbocycles. The molecule has 0 spiro atoms.